The summed E-state index contributed by atoms with van der Waals surface area (Å²) in [6, 6.07) is 9.22. The van der Waals surface area contributed by atoms with Gasteiger partial charge in [0, 0.05) is 26.3 Å². The molecule has 1 aliphatic rings. The molecule has 1 aliphatic heterocycles. The highest BCUT2D eigenvalue weighted by Crippen LogP contribution is 2.36. The van der Waals surface area contributed by atoms with Crippen LogP contribution in [0.25, 0.3) is 0 Å². The normalized spacial score (nSPS) is 15.4. The lowest BCUT2D eigenvalue weighted by molar-refractivity contribution is -0.384. The number of benzene rings is 2. The molecule has 1 heterocycles. The molecule has 0 spiro atoms. The Balaban J connectivity index is 1.91. The van der Waals surface area contributed by atoms with Crippen LogP contribution < -0.4 is 9.04 Å². The van der Waals surface area contributed by atoms with Gasteiger partial charge in [-0.3, -0.25) is 14.4 Å². The Bertz CT molecular complexity index is 1170. The lowest BCUT2D eigenvalue weighted by atomic mass is 10.2. The SMILES string of the molecule is CN(c1ccc([N+](=O)[O-])cc1Oc1ccc(S(=O)(=O)C2CCOCC2)cc1)S(C)(=O)=O. The van der Waals surface area contributed by atoms with E-state index in [4.69, 9.17) is 9.47 Å². The van der Waals surface area contributed by atoms with E-state index in [9.17, 15) is 26.9 Å². The summed E-state index contributed by atoms with van der Waals surface area (Å²) in [7, 11) is -5.87. The van der Waals surface area contributed by atoms with E-state index in [1.165, 1.54) is 43.4 Å². The van der Waals surface area contributed by atoms with Crippen LogP contribution in [-0.4, -0.2) is 53.5 Å². The molecule has 0 bridgehead atoms. The predicted octanol–water partition coefficient (Wildman–Crippen LogP) is 2.74. The van der Waals surface area contributed by atoms with Gasteiger partial charge in [0.2, 0.25) is 10.0 Å². The fourth-order valence-corrected chi connectivity index (χ4v) is 5.36. The molecule has 31 heavy (non-hydrogen) atoms. The zero-order valence-electron chi connectivity index (χ0n) is 16.9. The van der Waals surface area contributed by atoms with E-state index in [0.29, 0.717) is 26.1 Å². The highest BCUT2D eigenvalue weighted by Gasteiger charge is 2.29. The highest BCUT2D eigenvalue weighted by atomic mass is 32.2. The topological polar surface area (TPSA) is 133 Å². The van der Waals surface area contributed by atoms with Crippen LogP contribution >= 0.6 is 0 Å². The number of sulfone groups is 1. The highest BCUT2D eigenvalue weighted by molar-refractivity contribution is 7.92. The van der Waals surface area contributed by atoms with Crippen molar-refractivity contribution < 1.29 is 31.2 Å². The number of anilines is 1. The third kappa shape index (κ3) is 5.14. The summed E-state index contributed by atoms with van der Waals surface area (Å²) in [5, 5.41) is 10.6. The van der Waals surface area contributed by atoms with Gasteiger partial charge in [0.15, 0.2) is 15.6 Å². The van der Waals surface area contributed by atoms with Crippen LogP contribution in [-0.2, 0) is 24.6 Å². The minimum Gasteiger partial charge on any atom is -0.455 e. The van der Waals surface area contributed by atoms with Crippen molar-refractivity contribution >= 4 is 31.2 Å². The fraction of sp³-hybridized carbons (Fsp3) is 0.368. The monoisotopic (exact) mass is 470 g/mol. The van der Waals surface area contributed by atoms with Gasteiger partial charge in [-0.1, -0.05) is 0 Å². The maximum atomic E-state index is 12.8. The van der Waals surface area contributed by atoms with Crippen LogP contribution in [0.3, 0.4) is 0 Å². The first-order valence-corrected chi connectivity index (χ1v) is 12.7. The van der Waals surface area contributed by atoms with Gasteiger partial charge in [-0.25, -0.2) is 16.8 Å². The molecule has 1 fully saturated rings. The van der Waals surface area contributed by atoms with Crippen LogP contribution in [0, 0.1) is 10.1 Å². The van der Waals surface area contributed by atoms with Crippen molar-refractivity contribution in [2.75, 3.05) is 30.8 Å². The molecule has 168 valence electrons. The predicted molar refractivity (Wildman–Crippen MR) is 114 cm³/mol. The second-order valence-electron chi connectivity index (χ2n) is 7.07. The second kappa shape index (κ2) is 8.81. The van der Waals surface area contributed by atoms with Crippen LogP contribution in [0.5, 0.6) is 11.5 Å². The van der Waals surface area contributed by atoms with Crippen molar-refractivity contribution in [2.45, 2.75) is 23.0 Å². The van der Waals surface area contributed by atoms with Crippen molar-refractivity contribution in [1.82, 2.24) is 0 Å². The Morgan fingerprint density at radius 3 is 2.23 bits per heavy atom. The number of nitrogens with zero attached hydrogens (tertiary/aromatic N) is 2. The summed E-state index contributed by atoms with van der Waals surface area (Å²) in [4.78, 5) is 10.6. The number of hydrogen-bond donors (Lipinski definition) is 0. The van der Waals surface area contributed by atoms with Crippen molar-refractivity contribution in [3.8, 4) is 11.5 Å². The lowest BCUT2D eigenvalue weighted by Gasteiger charge is -2.22. The van der Waals surface area contributed by atoms with E-state index >= 15 is 0 Å². The quantitative estimate of drug-likeness (QED) is 0.445. The Kier molecular flexibility index (Phi) is 6.53. The Morgan fingerprint density at radius 1 is 1.06 bits per heavy atom. The molecule has 10 nitrogen and oxygen atoms in total. The Labute approximate surface area is 180 Å². The van der Waals surface area contributed by atoms with Crippen LogP contribution in [0.15, 0.2) is 47.4 Å². The van der Waals surface area contributed by atoms with E-state index in [0.717, 1.165) is 16.6 Å². The maximum Gasteiger partial charge on any atom is 0.273 e. The van der Waals surface area contributed by atoms with Crippen molar-refractivity contribution in [1.29, 1.82) is 0 Å². The summed E-state index contributed by atoms with van der Waals surface area (Å²) in [5.41, 5.74) is -0.175. The smallest absolute Gasteiger partial charge is 0.273 e. The average Bonchev–Trinajstić information content (AvgIpc) is 2.73. The summed E-state index contributed by atoms with van der Waals surface area (Å²) >= 11 is 0. The third-order valence-corrected chi connectivity index (χ3v) is 8.45. The summed E-state index contributed by atoms with van der Waals surface area (Å²) < 4.78 is 61.3. The maximum absolute atomic E-state index is 12.8. The standard InChI is InChI=1S/C19H22N2O8S2/c1-20(30(2,24)25)18-8-3-14(21(22)23)13-19(18)29-15-4-6-16(7-5-15)31(26,27)17-9-11-28-12-10-17/h3-8,13,17H,9-12H2,1-2H3. The first kappa shape index (κ1) is 23.0. The van der Waals surface area contributed by atoms with Gasteiger partial charge in [-0.05, 0) is 43.2 Å². The number of rotatable bonds is 7. The molecule has 0 radical (unpaired) electrons. The molecule has 2 aromatic rings. The molecule has 0 N–H and O–H groups in total. The first-order valence-electron chi connectivity index (χ1n) is 9.32. The zero-order valence-corrected chi connectivity index (χ0v) is 18.6. The van der Waals surface area contributed by atoms with E-state index < -0.39 is 30.0 Å². The molecule has 3 rings (SSSR count). The van der Waals surface area contributed by atoms with Crippen molar-refractivity contribution in [3.63, 3.8) is 0 Å². The number of non-ortho nitro benzene ring substituents is 1. The van der Waals surface area contributed by atoms with Gasteiger partial charge in [-0.15, -0.1) is 0 Å². The van der Waals surface area contributed by atoms with E-state index in [1.54, 1.807) is 0 Å². The Hall–Kier alpha value is -2.70. The van der Waals surface area contributed by atoms with Crippen LogP contribution in [0.2, 0.25) is 0 Å². The molecule has 0 atom stereocenters. The van der Waals surface area contributed by atoms with Gasteiger partial charge in [0.05, 0.1) is 33.1 Å². The third-order valence-electron chi connectivity index (χ3n) is 4.98. The number of hydrogen-bond acceptors (Lipinski definition) is 8. The minimum absolute atomic E-state index is 0.0536. The van der Waals surface area contributed by atoms with E-state index in [1.807, 2.05) is 0 Å². The summed E-state index contributed by atoms with van der Waals surface area (Å²) in [6.07, 6.45) is 1.85. The second-order valence-corrected chi connectivity index (χ2v) is 11.3. The van der Waals surface area contributed by atoms with Crippen LogP contribution in [0.1, 0.15) is 12.8 Å². The summed E-state index contributed by atoms with van der Waals surface area (Å²) in [5.74, 6) is 0.150. The van der Waals surface area contributed by atoms with Gasteiger partial charge in [0.25, 0.3) is 5.69 Å². The van der Waals surface area contributed by atoms with Gasteiger partial charge >= 0.3 is 0 Å². The van der Waals surface area contributed by atoms with Gasteiger partial charge in [0.1, 0.15) is 5.75 Å². The number of ether oxygens (including phenoxy) is 2. The zero-order chi connectivity index (χ0) is 22.8. The van der Waals surface area contributed by atoms with E-state index in [-0.39, 0.29) is 27.8 Å². The van der Waals surface area contributed by atoms with E-state index in [2.05, 4.69) is 0 Å². The average molecular weight is 471 g/mol. The molecule has 0 unspecified atom stereocenters. The molecule has 0 amide bonds. The molecule has 0 saturated carbocycles. The number of nitro benzene ring substituents is 1. The lowest BCUT2D eigenvalue weighted by Crippen LogP contribution is -2.28. The minimum atomic E-state index is -3.65. The Morgan fingerprint density at radius 2 is 1.68 bits per heavy atom. The van der Waals surface area contributed by atoms with Crippen molar-refractivity contribution in [2.24, 2.45) is 0 Å². The molecule has 2 aromatic carbocycles. The molecule has 0 aliphatic carbocycles. The summed E-state index contributed by atoms with van der Waals surface area (Å²) in [6.45, 7) is 0.795. The largest absolute Gasteiger partial charge is 0.455 e. The molecule has 1 saturated heterocycles. The van der Waals surface area contributed by atoms with Crippen LogP contribution in [0.4, 0.5) is 11.4 Å². The molecular weight excluding hydrogens is 448 g/mol. The molecular formula is C19H22N2O8S2. The fourth-order valence-electron chi connectivity index (χ4n) is 3.14. The number of nitro groups is 1. The molecule has 0 aromatic heterocycles. The van der Waals surface area contributed by atoms with Gasteiger partial charge in [-0.2, -0.15) is 0 Å². The van der Waals surface area contributed by atoms with Crippen molar-refractivity contribution in [3.05, 3.63) is 52.6 Å². The molecule has 12 heteroatoms. The van der Waals surface area contributed by atoms with Gasteiger partial charge < -0.3 is 9.47 Å². The number of sulfonamides is 1. The first-order chi connectivity index (χ1) is 14.5.